The molecule has 3 aromatic rings. The Morgan fingerprint density at radius 3 is 2.59 bits per heavy atom. The molecule has 0 aliphatic heterocycles. The first-order valence-corrected chi connectivity index (χ1v) is 9.19. The number of hydrogen-bond acceptors (Lipinski definition) is 6. The van der Waals surface area contributed by atoms with E-state index in [0.717, 1.165) is 11.5 Å². The van der Waals surface area contributed by atoms with Crippen LogP contribution < -0.4 is 10.6 Å². The summed E-state index contributed by atoms with van der Waals surface area (Å²) in [6.07, 6.45) is 1.64. The number of aryl methyl sites for hydroxylation is 1. The number of pyridine rings is 1. The Hall–Kier alpha value is -3.13. The second kappa shape index (κ2) is 8.50. The maximum Gasteiger partial charge on any atom is 0.258 e. The van der Waals surface area contributed by atoms with Gasteiger partial charge in [-0.15, -0.1) is 0 Å². The van der Waals surface area contributed by atoms with E-state index >= 15 is 0 Å². The zero-order chi connectivity index (χ0) is 19.2. The molecule has 0 atom stereocenters. The third kappa shape index (κ3) is 5.18. The summed E-state index contributed by atoms with van der Waals surface area (Å²) < 4.78 is 5.06. The molecule has 138 valence electrons. The van der Waals surface area contributed by atoms with Crippen LogP contribution in [-0.4, -0.2) is 22.0 Å². The molecule has 1 aromatic carbocycles. The van der Waals surface area contributed by atoms with Crippen molar-refractivity contribution in [1.82, 2.24) is 10.1 Å². The lowest BCUT2D eigenvalue weighted by molar-refractivity contribution is -0.114. The highest BCUT2D eigenvalue weighted by molar-refractivity contribution is 7.98. The number of nitrogens with zero attached hydrogens (tertiary/aromatic N) is 2. The summed E-state index contributed by atoms with van der Waals surface area (Å²) >= 11 is 1.41. The summed E-state index contributed by atoms with van der Waals surface area (Å²) in [6, 6.07) is 12.2. The van der Waals surface area contributed by atoms with Gasteiger partial charge in [0.05, 0.1) is 11.3 Å². The van der Waals surface area contributed by atoms with Crippen LogP contribution in [-0.2, 0) is 10.5 Å². The zero-order valence-electron chi connectivity index (χ0n) is 14.9. The second-order valence-corrected chi connectivity index (χ2v) is 6.75. The van der Waals surface area contributed by atoms with Gasteiger partial charge >= 0.3 is 0 Å². The molecule has 0 saturated carbocycles. The Kier molecular flexibility index (Phi) is 5.87. The Morgan fingerprint density at radius 2 is 1.89 bits per heavy atom. The highest BCUT2D eigenvalue weighted by Crippen LogP contribution is 2.25. The molecule has 0 unspecified atom stereocenters. The van der Waals surface area contributed by atoms with E-state index in [4.69, 9.17) is 4.52 Å². The number of carbonyl (C=O) groups is 2. The molecule has 8 heteroatoms. The molecule has 0 bridgehead atoms. The Labute approximate surface area is 160 Å². The molecule has 2 amide bonds. The number of carbonyl (C=O) groups excluding carboxylic acids is 2. The van der Waals surface area contributed by atoms with Crippen molar-refractivity contribution in [1.29, 1.82) is 0 Å². The van der Waals surface area contributed by atoms with Gasteiger partial charge in [-0.25, -0.2) is 4.98 Å². The molecule has 0 aliphatic rings. The van der Waals surface area contributed by atoms with Gasteiger partial charge in [-0.2, -0.15) is 0 Å². The van der Waals surface area contributed by atoms with Gasteiger partial charge in [0.25, 0.3) is 5.91 Å². The fourth-order valence-corrected chi connectivity index (χ4v) is 3.26. The molecule has 0 radical (unpaired) electrons. The standard InChI is InChI=1S/C19H18N4O3S/c1-12-9-16(23-26-12)11-27-19-17(7-4-8-20-19)18(25)22-15-6-3-5-14(10-15)21-13(2)24/h3-10H,11H2,1-2H3,(H,21,24)(H,22,25). The predicted octanol–water partition coefficient (Wildman–Crippen LogP) is 3.88. The quantitative estimate of drug-likeness (QED) is 0.628. The van der Waals surface area contributed by atoms with Crippen molar-refractivity contribution >= 4 is 35.0 Å². The van der Waals surface area contributed by atoms with Crippen LogP contribution in [0.1, 0.15) is 28.7 Å². The van der Waals surface area contributed by atoms with E-state index in [0.29, 0.717) is 27.7 Å². The molecule has 0 saturated heterocycles. The van der Waals surface area contributed by atoms with Gasteiger partial charge in [-0.05, 0) is 37.3 Å². The number of aromatic nitrogens is 2. The normalized spacial score (nSPS) is 10.4. The Morgan fingerprint density at radius 1 is 1.11 bits per heavy atom. The number of benzene rings is 1. The molecule has 2 aromatic heterocycles. The van der Waals surface area contributed by atoms with Crippen LogP contribution in [0.15, 0.2) is 58.2 Å². The van der Waals surface area contributed by atoms with E-state index in [1.54, 1.807) is 42.6 Å². The molecule has 0 fully saturated rings. The summed E-state index contributed by atoms with van der Waals surface area (Å²) in [4.78, 5) is 28.2. The van der Waals surface area contributed by atoms with Crippen LogP contribution in [0.3, 0.4) is 0 Å². The minimum Gasteiger partial charge on any atom is -0.361 e. The summed E-state index contributed by atoms with van der Waals surface area (Å²) in [7, 11) is 0. The lowest BCUT2D eigenvalue weighted by Crippen LogP contribution is -2.14. The first-order valence-electron chi connectivity index (χ1n) is 8.20. The smallest absolute Gasteiger partial charge is 0.258 e. The van der Waals surface area contributed by atoms with Crippen molar-refractivity contribution in [2.75, 3.05) is 10.6 Å². The van der Waals surface area contributed by atoms with Crippen molar-refractivity contribution in [3.05, 3.63) is 65.7 Å². The van der Waals surface area contributed by atoms with Crippen LogP contribution in [0, 0.1) is 6.92 Å². The van der Waals surface area contributed by atoms with Crippen molar-refractivity contribution in [3.63, 3.8) is 0 Å². The lowest BCUT2D eigenvalue weighted by atomic mass is 10.2. The first kappa shape index (κ1) is 18.7. The molecule has 3 rings (SSSR count). The van der Waals surface area contributed by atoms with Crippen molar-refractivity contribution in [2.24, 2.45) is 0 Å². The van der Waals surface area contributed by atoms with Gasteiger partial charge in [0.2, 0.25) is 5.91 Å². The number of amides is 2. The van der Waals surface area contributed by atoms with Gasteiger partial charge in [-0.3, -0.25) is 9.59 Å². The number of hydrogen-bond donors (Lipinski definition) is 2. The average Bonchev–Trinajstić information content (AvgIpc) is 3.05. The first-order chi connectivity index (χ1) is 13.0. The molecule has 27 heavy (non-hydrogen) atoms. The van der Waals surface area contributed by atoms with Gasteiger partial charge in [0.1, 0.15) is 10.8 Å². The zero-order valence-corrected chi connectivity index (χ0v) is 15.7. The van der Waals surface area contributed by atoms with Gasteiger partial charge in [-0.1, -0.05) is 23.0 Å². The molecular formula is C19H18N4O3S. The summed E-state index contributed by atoms with van der Waals surface area (Å²) in [5, 5.41) is 10.1. The maximum atomic E-state index is 12.7. The third-order valence-electron chi connectivity index (χ3n) is 3.49. The average molecular weight is 382 g/mol. The molecule has 2 N–H and O–H groups in total. The highest BCUT2D eigenvalue weighted by Gasteiger charge is 2.14. The fourth-order valence-electron chi connectivity index (χ4n) is 2.38. The molecule has 0 aliphatic carbocycles. The van der Waals surface area contributed by atoms with Crippen LogP contribution in [0.25, 0.3) is 0 Å². The monoisotopic (exact) mass is 382 g/mol. The maximum absolute atomic E-state index is 12.7. The molecule has 7 nitrogen and oxygen atoms in total. The van der Waals surface area contributed by atoms with Gasteiger partial charge < -0.3 is 15.2 Å². The van der Waals surface area contributed by atoms with Crippen molar-refractivity contribution in [2.45, 2.75) is 24.6 Å². The number of thioether (sulfide) groups is 1. The Bertz CT molecular complexity index is 971. The third-order valence-corrected chi connectivity index (χ3v) is 4.53. The lowest BCUT2D eigenvalue weighted by Gasteiger charge is -2.10. The van der Waals surface area contributed by atoms with E-state index in [9.17, 15) is 9.59 Å². The molecule has 0 spiro atoms. The number of anilines is 2. The molecular weight excluding hydrogens is 364 g/mol. The summed E-state index contributed by atoms with van der Waals surface area (Å²) in [5.74, 6) is 0.838. The van der Waals surface area contributed by atoms with E-state index in [1.165, 1.54) is 18.7 Å². The Balaban J connectivity index is 1.72. The van der Waals surface area contributed by atoms with Crippen LogP contribution >= 0.6 is 11.8 Å². The van der Waals surface area contributed by atoms with E-state index in [1.807, 2.05) is 13.0 Å². The van der Waals surface area contributed by atoms with Gasteiger partial charge in [0.15, 0.2) is 0 Å². The van der Waals surface area contributed by atoms with Crippen LogP contribution in [0.2, 0.25) is 0 Å². The van der Waals surface area contributed by atoms with Crippen LogP contribution in [0.5, 0.6) is 0 Å². The fraction of sp³-hybridized carbons (Fsp3) is 0.158. The van der Waals surface area contributed by atoms with Gasteiger partial charge in [0, 0.05) is 36.3 Å². The predicted molar refractivity (Wildman–Crippen MR) is 104 cm³/mol. The minimum absolute atomic E-state index is 0.174. The topological polar surface area (TPSA) is 97.1 Å². The largest absolute Gasteiger partial charge is 0.361 e. The minimum atomic E-state index is -0.276. The van der Waals surface area contributed by atoms with E-state index < -0.39 is 0 Å². The van der Waals surface area contributed by atoms with Crippen molar-refractivity contribution < 1.29 is 14.1 Å². The second-order valence-electron chi connectivity index (χ2n) is 5.79. The number of nitrogens with one attached hydrogen (secondary N) is 2. The molecule has 2 heterocycles. The summed E-state index contributed by atoms with van der Waals surface area (Å²) in [5.41, 5.74) is 2.45. The highest BCUT2D eigenvalue weighted by atomic mass is 32.2. The summed E-state index contributed by atoms with van der Waals surface area (Å²) in [6.45, 7) is 3.26. The SMILES string of the molecule is CC(=O)Nc1cccc(NC(=O)c2cccnc2SCc2cc(C)on2)c1. The number of rotatable bonds is 6. The van der Waals surface area contributed by atoms with E-state index in [2.05, 4.69) is 20.8 Å². The van der Waals surface area contributed by atoms with Crippen molar-refractivity contribution in [3.8, 4) is 0 Å². The van der Waals surface area contributed by atoms with Crippen LogP contribution in [0.4, 0.5) is 11.4 Å². The van der Waals surface area contributed by atoms with E-state index in [-0.39, 0.29) is 11.8 Å².